The van der Waals surface area contributed by atoms with E-state index in [0.29, 0.717) is 5.39 Å². The van der Waals surface area contributed by atoms with Gasteiger partial charge in [0.2, 0.25) is 0 Å². The van der Waals surface area contributed by atoms with Gasteiger partial charge < -0.3 is 14.9 Å². The number of phenols is 2. The lowest BCUT2D eigenvalue weighted by molar-refractivity contribution is 0.0391. The van der Waals surface area contributed by atoms with Crippen LogP contribution in [0.1, 0.15) is 20.7 Å². The van der Waals surface area contributed by atoms with Crippen LogP contribution in [-0.4, -0.2) is 22.2 Å². The lowest BCUT2D eigenvalue weighted by Gasteiger charge is -2.16. The molecule has 0 spiro atoms. The number of ether oxygens (including phenoxy) is 1. The van der Waals surface area contributed by atoms with E-state index in [1.807, 2.05) is 0 Å². The summed E-state index contributed by atoms with van der Waals surface area (Å²) >= 11 is 0. The molecule has 84 valence electrons. The van der Waals surface area contributed by atoms with Gasteiger partial charge in [-0.05, 0) is 12.1 Å². The van der Waals surface area contributed by atoms with Crippen LogP contribution in [0.4, 0.5) is 0 Å². The Balaban J connectivity index is 2.59. The number of hydrogen-bond acceptors (Lipinski definition) is 5. The summed E-state index contributed by atoms with van der Waals surface area (Å²) in [5.74, 6) is -2.35. The van der Waals surface area contributed by atoms with Crippen molar-refractivity contribution in [3.05, 3.63) is 35.4 Å². The Morgan fingerprint density at radius 2 is 1.71 bits per heavy atom. The average molecular weight is 230 g/mol. The summed E-state index contributed by atoms with van der Waals surface area (Å²) < 4.78 is 4.53. The summed E-state index contributed by atoms with van der Waals surface area (Å²) in [5.41, 5.74) is 0.276. The molecule has 5 heteroatoms. The molecule has 1 aliphatic heterocycles. The summed E-state index contributed by atoms with van der Waals surface area (Å²) in [6, 6.07) is 5.65. The van der Waals surface area contributed by atoms with Gasteiger partial charge in [0.15, 0.2) is 11.5 Å². The van der Waals surface area contributed by atoms with Crippen molar-refractivity contribution in [2.45, 2.75) is 0 Å². The summed E-state index contributed by atoms with van der Waals surface area (Å²) in [5, 5.41) is 19.7. The lowest BCUT2D eigenvalue weighted by atomic mass is 9.96. The van der Waals surface area contributed by atoms with Crippen LogP contribution in [0.3, 0.4) is 0 Å². The third-order valence-corrected chi connectivity index (χ3v) is 2.74. The van der Waals surface area contributed by atoms with Crippen molar-refractivity contribution in [3.8, 4) is 11.5 Å². The quantitative estimate of drug-likeness (QED) is 0.407. The molecule has 2 aromatic carbocycles. The van der Waals surface area contributed by atoms with Crippen molar-refractivity contribution in [1.29, 1.82) is 0 Å². The Kier molecular flexibility index (Phi) is 1.69. The maximum absolute atomic E-state index is 11.5. The van der Waals surface area contributed by atoms with Crippen LogP contribution in [-0.2, 0) is 4.74 Å². The zero-order valence-corrected chi connectivity index (χ0v) is 8.43. The molecule has 17 heavy (non-hydrogen) atoms. The molecule has 0 amide bonds. The predicted molar refractivity (Wildman–Crippen MR) is 57.0 cm³/mol. The molecule has 0 bridgehead atoms. The van der Waals surface area contributed by atoms with E-state index in [-0.39, 0.29) is 22.3 Å². The molecule has 0 saturated carbocycles. The van der Waals surface area contributed by atoms with Crippen LogP contribution in [0, 0.1) is 0 Å². The molecule has 2 N–H and O–H groups in total. The summed E-state index contributed by atoms with van der Waals surface area (Å²) in [7, 11) is 0. The lowest BCUT2D eigenvalue weighted by Crippen LogP contribution is -2.19. The molecule has 3 rings (SSSR count). The molecule has 0 aliphatic carbocycles. The van der Waals surface area contributed by atoms with Gasteiger partial charge in [0.05, 0.1) is 11.1 Å². The molecule has 0 saturated heterocycles. The van der Waals surface area contributed by atoms with E-state index in [0.717, 1.165) is 6.07 Å². The zero-order valence-electron chi connectivity index (χ0n) is 8.43. The van der Waals surface area contributed by atoms with Crippen LogP contribution >= 0.6 is 0 Å². The molecule has 2 aromatic rings. The van der Waals surface area contributed by atoms with Crippen molar-refractivity contribution >= 4 is 22.7 Å². The van der Waals surface area contributed by atoms with Crippen LogP contribution in [0.5, 0.6) is 11.5 Å². The number of cyclic esters (lactones) is 2. The van der Waals surface area contributed by atoms with E-state index < -0.39 is 17.7 Å². The number of phenolic OH excluding ortho intramolecular Hbond substituents is 2. The number of benzene rings is 2. The van der Waals surface area contributed by atoms with Crippen LogP contribution in [0.2, 0.25) is 0 Å². The van der Waals surface area contributed by atoms with Gasteiger partial charge in [-0.25, -0.2) is 9.59 Å². The fraction of sp³-hybridized carbons (Fsp3) is 0. The van der Waals surface area contributed by atoms with Gasteiger partial charge in [-0.3, -0.25) is 0 Å². The minimum Gasteiger partial charge on any atom is -0.504 e. The van der Waals surface area contributed by atoms with Gasteiger partial charge in [0, 0.05) is 10.8 Å². The van der Waals surface area contributed by atoms with Gasteiger partial charge in [-0.1, -0.05) is 12.1 Å². The number of carbonyl (C=O) groups excluding carboxylic acids is 2. The van der Waals surface area contributed by atoms with Gasteiger partial charge in [0.1, 0.15) is 0 Å². The Bertz CT molecular complexity index is 687. The SMILES string of the molecule is O=C1OC(=O)c2cc(O)c(O)c3cccc1c23. The third-order valence-electron chi connectivity index (χ3n) is 2.74. The van der Waals surface area contributed by atoms with Crippen molar-refractivity contribution in [3.63, 3.8) is 0 Å². The first-order valence-corrected chi connectivity index (χ1v) is 4.84. The van der Waals surface area contributed by atoms with E-state index in [1.165, 1.54) is 18.2 Å². The zero-order chi connectivity index (χ0) is 12.2. The van der Waals surface area contributed by atoms with E-state index in [1.54, 1.807) is 0 Å². The molecule has 0 unspecified atom stereocenters. The maximum Gasteiger partial charge on any atom is 0.346 e. The fourth-order valence-corrected chi connectivity index (χ4v) is 1.98. The van der Waals surface area contributed by atoms with Crippen LogP contribution in [0.25, 0.3) is 10.8 Å². The van der Waals surface area contributed by atoms with Crippen molar-refractivity contribution in [2.24, 2.45) is 0 Å². The largest absolute Gasteiger partial charge is 0.504 e. The number of esters is 2. The molecule has 5 nitrogen and oxygen atoms in total. The molecular weight excluding hydrogens is 224 g/mol. The summed E-state index contributed by atoms with van der Waals surface area (Å²) in [4.78, 5) is 23.0. The second-order valence-corrected chi connectivity index (χ2v) is 3.70. The van der Waals surface area contributed by atoms with Gasteiger partial charge in [-0.2, -0.15) is 0 Å². The number of aromatic hydroxyl groups is 2. The molecular formula is C12H6O5. The Morgan fingerprint density at radius 1 is 1.00 bits per heavy atom. The van der Waals surface area contributed by atoms with E-state index in [4.69, 9.17) is 0 Å². The minimum atomic E-state index is -0.825. The van der Waals surface area contributed by atoms with E-state index >= 15 is 0 Å². The maximum atomic E-state index is 11.5. The molecule has 0 radical (unpaired) electrons. The van der Waals surface area contributed by atoms with Crippen molar-refractivity contribution in [1.82, 2.24) is 0 Å². The highest BCUT2D eigenvalue weighted by Crippen LogP contribution is 2.39. The molecule has 1 aliphatic rings. The normalized spacial score (nSPS) is 13.9. The second-order valence-electron chi connectivity index (χ2n) is 3.70. The smallest absolute Gasteiger partial charge is 0.346 e. The molecule has 0 aromatic heterocycles. The van der Waals surface area contributed by atoms with Gasteiger partial charge in [0.25, 0.3) is 0 Å². The van der Waals surface area contributed by atoms with E-state index in [9.17, 15) is 19.8 Å². The standard InChI is InChI=1S/C12H6O5/c13-8-4-7-9-5(10(8)14)2-1-3-6(9)11(15)17-12(7)16/h1-4,13-14H. The average Bonchev–Trinajstić information content (AvgIpc) is 2.31. The first-order chi connectivity index (χ1) is 8.09. The highest BCUT2D eigenvalue weighted by molar-refractivity contribution is 6.22. The first-order valence-electron chi connectivity index (χ1n) is 4.84. The Hall–Kier alpha value is -2.56. The van der Waals surface area contributed by atoms with Gasteiger partial charge in [-0.15, -0.1) is 0 Å². The van der Waals surface area contributed by atoms with Crippen molar-refractivity contribution in [2.75, 3.05) is 0 Å². The number of carbonyl (C=O) groups is 2. The highest BCUT2D eigenvalue weighted by atomic mass is 16.6. The first kappa shape index (κ1) is 9.65. The molecule has 0 fully saturated rings. The van der Waals surface area contributed by atoms with Crippen LogP contribution < -0.4 is 0 Å². The fourth-order valence-electron chi connectivity index (χ4n) is 1.98. The topological polar surface area (TPSA) is 83.8 Å². The third kappa shape index (κ3) is 1.13. The molecule has 0 atom stereocenters. The van der Waals surface area contributed by atoms with Gasteiger partial charge >= 0.3 is 11.9 Å². The summed E-state index contributed by atoms with van der Waals surface area (Å²) in [6.07, 6.45) is 0. The Morgan fingerprint density at radius 3 is 2.47 bits per heavy atom. The monoisotopic (exact) mass is 230 g/mol. The Labute approximate surface area is 94.9 Å². The predicted octanol–water partition coefficient (Wildman–Crippen LogP) is 1.56. The highest BCUT2D eigenvalue weighted by Gasteiger charge is 2.29. The number of hydrogen-bond donors (Lipinski definition) is 2. The van der Waals surface area contributed by atoms with E-state index in [2.05, 4.69) is 4.74 Å². The minimum absolute atomic E-state index is 0.0745. The molecule has 1 heterocycles. The number of rotatable bonds is 0. The second kappa shape index (κ2) is 2.98. The van der Waals surface area contributed by atoms with Crippen molar-refractivity contribution < 1.29 is 24.5 Å². The summed E-state index contributed by atoms with van der Waals surface area (Å²) in [6.45, 7) is 0. The van der Waals surface area contributed by atoms with Crippen LogP contribution in [0.15, 0.2) is 24.3 Å².